The van der Waals surface area contributed by atoms with Crippen LogP contribution in [0, 0.1) is 0 Å². The number of rotatable bonds is 55. The minimum absolute atomic E-state index is 0.178. The minimum Gasteiger partial charge on any atom is -0.477 e. The molecule has 0 aromatic carbocycles. The molecule has 2 atom stereocenters. The second kappa shape index (κ2) is 57.9. The van der Waals surface area contributed by atoms with Gasteiger partial charge in [-0.25, -0.2) is 4.79 Å². The highest BCUT2D eigenvalue weighted by Crippen LogP contribution is 2.16. The van der Waals surface area contributed by atoms with Crippen molar-refractivity contribution in [1.82, 2.24) is 0 Å². The van der Waals surface area contributed by atoms with Crippen molar-refractivity contribution in [3.63, 3.8) is 0 Å². The van der Waals surface area contributed by atoms with E-state index in [1.807, 2.05) is 21.1 Å². The van der Waals surface area contributed by atoms with Crippen molar-refractivity contribution >= 4 is 17.9 Å². The number of quaternary nitrogens is 1. The highest BCUT2D eigenvalue weighted by molar-refractivity contribution is 5.71. The molecule has 0 spiro atoms. The van der Waals surface area contributed by atoms with Gasteiger partial charge in [-0.2, -0.15) is 0 Å². The van der Waals surface area contributed by atoms with Crippen LogP contribution in [-0.2, 0) is 33.3 Å². The highest BCUT2D eigenvalue weighted by atomic mass is 16.7. The van der Waals surface area contributed by atoms with Crippen molar-refractivity contribution in [2.45, 2.75) is 245 Å². The van der Waals surface area contributed by atoms with E-state index < -0.39 is 24.3 Å². The van der Waals surface area contributed by atoms with Crippen molar-refractivity contribution in [3.8, 4) is 0 Å². The van der Waals surface area contributed by atoms with Crippen molar-refractivity contribution in [2.75, 3.05) is 47.5 Å². The van der Waals surface area contributed by atoms with Crippen LogP contribution in [-0.4, -0.2) is 87.4 Å². The Balaban J connectivity index is 4.26. The van der Waals surface area contributed by atoms with Crippen LogP contribution in [0.4, 0.5) is 0 Å². The van der Waals surface area contributed by atoms with E-state index in [1.165, 1.54) is 77.0 Å². The average Bonchev–Trinajstić information content (AvgIpc) is 3.40. The number of carbonyl (C=O) groups excluding carboxylic acids is 2. The molecule has 0 aromatic heterocycles. The fraction of sp³-hybridized carbons (Fsp3) is 0.662. The summed E-state index contributed by atoms with van der Waals surface area (Å²) in [7, 11) is 5.96. The summed E-state index contributed by atoms with van der Waals surface area (Å²) in [4.78, 5) is 37.5. The van der Waals surface area contributed by atoms with Crippen LogP contribution in [0.2, 0.25) is 0 Å². The van der Waals surface area contributed by atoms with Crippen LogP contribution >= 0.6 is 0 Å². The molecule has 0 aromatic rings. The number of likely N-dealkylation sites (N-methyl/N-ethyl adjacent to an activating group) is 1. The summed E-state index contributed by atoms with van der Waals surface area (Å²) < 4.78 is 22.9. The molecule has 0 heterocycles. The number of carboxylic acid groups (broad SMARTS) is 1. The molecule has 0 fully saturated rings. The van der Waals surface area contributed by atoms with E-state index in [2.05, 4.69) is 135 Å². The Morgan fingerprint density at radius 3 is 1.04 bits per heavy atom. The maximum atomic E-state index is 12.9. The van der Waals surface area contributed by atoms with Crippen LogP contribution in [0.25, 0.3) is 0 Å². The Bertz CT molecular complexity index is 1670. The molecule has 0 aliphatic rings. The molecule has 77 heavy (non-hydrogen) atoms. The quantitative estimate of drug-likeness (QED) is 0.0211. The van der Waals surface area contributed by atoms with E-state index in [0.29, 0.717) is 23.9 Å². The number of nitrogens with zero attached hydrogens (tertiary/aromatic N) is 1. The Morgan fingerprint density at radius 2 is 0.701 bits per heavy atom. The number of carboxylic acids is 1. The van der Waals surface area contributed by atoms with Gasteiger partial charge < -0.3 is 28.5 Å². The summed E-state index contributed by atoms with van der Waals surface area (Å²) in [5.41, 5.74) is 0. The summed E-state index contributed by atoms with van der Waals surface area (Å²) in [6.07, 6.45) is 78.5. The second-order valence-electron chi connectivity index (χ2n) is 21.2. The maximum Gasteiger partial charge on any atom is 0.361 e. The lowest BCUT2D eigenvalue weighted by Crippen LogP contribution is -2.40. The third kappa shape index (κ3) is 59.2. The monoisotopic (exact) mass is 1070 g/mol. The average molecular weight is 1070 g/mol. The first kappa shape index (κ1) is 72.7. The van der Waals surface area contributed by atoms with Crippen molar-refractivity contribution < 1.29 is 42.9 Å². The molecule has 0 saturated heterocycles. The third-order valence-corrected chi connectivity index (χ3v) is 12.7. The molecule has 9 heteroatoms. The highest BCUT2D eigenvalue weighted by Gasteiger charge is 2.25. The molecule has 1 N–H and O–H groups in total. The van der Waals surface area contributed by atoms with Crippen molar-refractivity contribution in [2.24, 2.45) is 0 Å². The van der Waals surface area contributed by atoms with Gasteiger partial charge in [-0.05, 0) is 103 Å². The normalized spacial score (nSPS) is 13.6. The van der Waals surface area contributed by atoms with Gasteiger partial charge in [0.1, 0.15) is 13.2 Å². The number of allylic oxidation sites excluding steroid dienone is 20. The molecule has 9 nitrogen and oxygen atoms in total. The summed E-state index contributed by atoms with van der Waals surface area (Å²) in [5, 5.41) is 9.72. The number of hydrogen-bond acceptors (Lipinski definition) is 7. The third-order valence-electron chi connectivity index (χ3n) is 12.7. The van der Waals surface area contributed by atoms with Crippen molar-refractivity contribution in [3.05, 3.63) is 122 Å². The first-order valence-corrected chi connectivity index (χ1v) is 30.7. The number of unbranched alkanes of at least 4 members (excludes halogenated alkanes) is 20. The van der Waals surface area contributed by atoms with Gasteiger partial charge in [0.2, 0.25) is 0 Å². The molecule has 0 rings (SSSR count). The van der Waals surface area contributed by atoms with Gasteiger partial charge in [-0.1, -0.05) is 238 Å². The molecule has 0 saturated carbocycles. The topological polar surface area (TPSA) is 108 Å². The van der Waals surface area contributed by atoms with E-state index in [9.17, 15) is 19.5 Å². The van der Waals surface area contributed by atoms with E-state index in [0.717, 1.165) is 122 Å². The van der Waals surface area contributed by atoms with Crippen LogP contribution in [0.1, 0.15) is 232 Å². The molecule has 0 amide bonds. The lowest BCUT2D eigenvalue weighted by Gasteiger charge is -2.25. The van der Waals surface area contributed by atoms with E-state index in [-0.39, 0.29) is 32.2 Å². The molecule has 0 radical (unpaired) electrons. The molecular weight excluding hydrogens is 959 g/mol. The number of hydrogen-bond donors (Lipinski definition) is 1. The summed E-state index contributed by atoms with van der Waals surface area (Å²) in [6, 6.07) is 0. The second-order valence-corrected chi connectivity index (χ2v) is 21.2. The van der Waals surface area contributed by atoms with Gasteiger partial charge in [0.05, 0.1) is 34.4 Å². The van der Waals surface area contributed by atoms with Crippen LogP contribution in [0.5, 0.6) is 0 Å². The Morgan fingerprint density at radius 1 is 0.390 bits per heavy atom. The Hall–Kier alpha value is -4.31. The molecule has 2 unspecified atom stereocenters. The number of esters is 2. The van der Waals surface area contributed by atoms with E-state index >= 15 is 0 Å². The lowest BCUT2D eigenvalue weighted by atomic mass is 10.0. The number of ether oxygens (including phenoxy) is 4. The molecule has 438 valence electrons. The predicted molar refractivity (Wildman–Crippen MR) is 327 cm³/mol. The van der Waals surface area contributed by atoms with Gasteiger partial charge in [-0.3, -0.25) is 9.59 Å². The number of carbonyl (C=O) groups is 3. The Labute approximate surface area is 472 Å². The maximum absolute atomic E-state index is 12.9. The lowest BCUT2D eigenvalue weighted by molar-refractivity contribution is -0.870. The van der Waals surface area contributed by atoms with Gasteiger partial charge in [0.15, 0.2) is 6.10 Å². The molecular formula is C68H114NO8+. The van der Waals surface area contributed by atoms with E-state index in [4.69, 9.17) is 18.9 Å². The van der Waals surface area contributed by atoms with Gasteiger partial charge in [-0.15, -0.1) is 0 Å². The number of aliphatic carboxylic acids is 1. The smallest absolute Gasteiger partial charge is 0.361 e. The molecule has 0 aliphatic carbocycles. The SMILES string of the molecule is CC/C=C\C/C=C\C/C=C\C/C=C\C/C=C\C/C=C\CCCCCCCCC(=O)OC(COC(=O)CCCCCCCCCCCCCCCC/C=C\C/C=C\C/C=C\C/C=C\CC)COC(OCC[N+](C)(C)C)C(=O)O. The fourth-order valence-corrected chi connectivity index (χ4v) is 8.07. The first-order chi connectivity index (χ1) is 37.6. The molecule has 0 aliphatic heterocycles. The van der Waals surface area contributed by atoms with Gasteiger partial charge in [0.25, 0.3) is 6.29 Å². The summed E-state index contributed by atoms with van der Waals surface area (Å²) in [5.74, 6) is -2.03. The largest absolute Gasteiger partial charge is 0.477 e. The predicted octanol–water partition coefficient (Wildman–Crippen LogP) is 18.5. The van der Waals surface area contributed by atoms with Gasteiger partial charge >= 0.3 is 17.9 Å². The van der Waals surface area contributed by atoms with Crippen LogP contribution < -0.4 is 0 Å². The zero-order valence-corrected chi connectivity index (χ0v) is 49.8. The summed E-state index contributed by atoms with van der Waals surface area (Å²) in [6.45, 7) is 4.63. The fourth-order valence-electron chi connectivity index (χ4n) is 8.07. The van der Waals surface area contributed by atoms with Crippen LogP contribution in [0.15, 0.2) is 122 Å². The zero-order chi connectivity index (χ0) is 56.2. The van der Waals surface area contributed by atoms with Crippen molar-refractivity contribution in [1.29, 1.82) is 0 Å². The Kier molecular flexibility index (Phi) is 54.6. The minimum atomic E-state index is -1.52. The summed E-state index contributed by atoms with van der Waals surface area (Å²) >= 11 is 0. The van der Waals surface area contributed by atoms with E-state index in [1.54, 1.807) is 0 Å². The van der Waals surface area contributed by atoms with Gasteiger partial charge in [0, 0.05) is 12.8 Å². The first-order valence-electron chi connectivity index (χ1n) is 30.7. The van der Waals surface area contributed by atoms with Crippen LogP contribution in [0.3, 0.4) is 0 Å². The standard InChI is InChI=1S/C68H113NO8/c1-6-8-10-12-14-16-18-20-22-24-26-28-30-32-33-35-36-38-40-42-44-46-48-50-52-54-56-58-65(70)75-62-64(63-76-68(67(72)73)74-61-60-69(3,4)5)77-66(71)59-57-55-53-51-49-47-45-43-41-39-37-34-31-29-27-25-23-21-19-17-15-13-11-9-7-2/h8-11,14-17,20-23,26-29,34,37,41,43,64,68H,6-7,12-13,18-19,24-25,30-33,35-36,38-40,42,44-63H2,1-5H3/p+1/b10-8-,11-9-,16-14-,17-15-,22-20-,23-21-,28-26-,29-27-,37-34-,43-41-. The molecule has 0 bridgehead atoms. The zero-order valence-electron chi connectivity index (χ0n) is 49.8.